The van der Waals surface area contributed by atoms with Gasteiger partial charge in [-0.3, -0.25) is 4.98 Å². The van der Waals surface area contributed by atoms with Crippen LogP contribution in [0.5, 0.6) is 0 Å². The molecule has 0 aliphatic heterocycles. The highest BCUT2D eigenvalue weighted by Crippen LogP contribution is 2.33. The number of alkyl halides is 3. The Morgan fingerprint density at radius 1 is 1.20 bits per heavy atom. The van der Waals surface area contributed by atoms with Gasteiger partial charge in [0.25, 0.3) is 0 Å². The minimum atomic E-state index is -4.46. The van der Waals surface area contributed by atoms with E-state index in [4.69, 9.17) is 17.4 Å². The smallest absolute Gasteiger partial charge is 0.323 e. The van der Waals surface area contributed by atoms with E-state index in [9.17, 15) is 13.2 Å². The van der Waals surface area contributed by atoms with Crippen molar-refractivity contribution in [3.63, 3.8) is 0 Å². The molecule has 3 nitrogen and oxygen atoms in total. The molecule has 20 heavy (non-hydrogen) atoms. The second-order valence-electron chi connectivity index (χ2n) is 3.95. The summed E-state index contributed by atoms with van der Waals surface area (Å²) >= 11 is 5.86. The van der Waals surface area contributed by atoms with Gasteiger partial charge in [0.05, 0.1) is 22.5 Å². The van der Waals surface area contributed by atoms with Crippen LogP contribution in [0, 0.1) is 0 Å². The fourth-order valence-corrected chi connectivity index (χ4v) is 1.89. The number of halogens is 4. The summed E-state index contributed by atoms with van der Waals surface area (Å²) in [4.78, 5) is 3.78. The Kier molecular flexibility index (Phi) is 3.94. The molecule has 0 aliphatic rings. The fourth-order valence-electron chi connectivity index (χ4n) is 1.62. The first-order valence-corrected chi connectivity index (χ1v) is 5.86. The van der Waals surface area contributed by atoms with Gasteiger partial charge in [-0.05, 0) is 11.6 Å². The molecule has 0 fully saturated rings. The summed E-state index contributed by atoms with van der Waals surface area (Å²) in [5, 5.41) is 3.32. The summed E-state index contributed by atoms with van der Waals surface area (Å²) in [6, 6.07) is 7.64. The lowest BCUT2D eigenvalue weighted by molar-refractivity contribution is -0.137. The Morgan fingerprint density at radius 2 is 1.85 bits per heavy atom. The fraction of sp³-hybridized carbons (Fsp3) is 0.0769. The monoisotopic (exact) mass is 299 g/mol. The van der Waals surface area contributed by atoms with Gasteiger partial charge in [0, 0.05) is 11.8 Å². The summed E-state index contributed by atoms with van der Waals surface area (Å²) in [6.07, 6.45) is -2.25. The first-order valence-electron chi connectivity index (χ1n) is 5.48. The summed E-state index contributed by atoms with van der Waals surface area (Å²) in [7, 11) is 0. The normalized spacial score (nSPS) is 12.0. The Hall–Kier alpha value is -2.08. The highest BCUT2D eigenvalue weighted by atomic mass is 35.5. The third-order valence-electron chi connectivity index (χ3n) is 2.58. The topological polar surface area (TPSA) is 51.3 Å². The Balaban J connectivity index is 2.38. The molecule has 0 bridgehead atoms. The lowest BCUT2D eigenvalue weighted by Gasteiger charge is -2.09. The summed E-state index contributed by atoms with van der Waals surface area (Å²) in [6.45, 7) is 0. The molecule has 0 saturated heterocycles. The number of hydrogen-bond acceptors (Lipinski definition) is 3. The van der Waals surface area contributed by atoms with Gasteiger partial charge in [0.2, 0.25) is 0 Å². The Morgan fingerprint density at radius 3 is 2.35 bits per heavy atom. The molecule has 0 amide bonds. The molecule has 2 rings (SSSR count). The average molecular weight is 300 g/mol. The first kappa shape index (κ1) is 14.3. The molecule has 0 aliphatic carbocycles. The van der Waals surface area contributed by atoms with E-state index in [0.717, 1.165) is 17.8 Å². The maximum Gasteiger partial charge on any atom is 0.417 e. The molecule has 1 aromatic carbocycles. The number of hydrazone groups is 1. The van der Waals surface area contributed by atoms with Crippen molar-refractivity contribution in [1.82, 2.24) is 4.98 Å². The Labute approximate surface area is 117 Å². The van der Waals surface area contributed by atoms with Gasteiger partial charge in [-0.25, -0.2) is 0 Å². The van der Waals surface area contributed by atoms with Crippen molar-refractivity contribution < 1.29 is 13.2 Å². The molecule has 0 saturated carbocycles. The standard InChI is InChI=1S/C13H9ClF3N3/c14-11-5-10(13(15,16)17)7-19-12(11)9-3-1-8(2-4-9)6-20-18/h1-7H,18H2. The van der Waals surface area contributed by atoms with Crippen LogP contribution in [0.2, 0.25) is 5.02 Å². The quantitative estimate of drug-likeness (QED) is 0.522. The van der Waals surface area contributed by atoms with Crippen molar-refractivity contribution in [2.45, 2.75) is 6.18 Å². The molecule has 0 atom stereocenters. The van der Waals surface area contributed by atoms with Crippen LogP contribution in [0.1, 0.15) is 11.1 Å². The van der Waals surface area contributed by atoms with E-state index in [2.05, 4.69) is 10.1 Å². The van der Waals surface area contributed by atoms with Crippen molar-refractivity contribution in [3.05, 3.63) is 52.7 Å². The van der Waals surface area contributed by atoms with E-state index < -0.39 is 11.7 Å². The summed E-state index contributed by atoms with van der Waals surface area (Å²) in [5.74, 6) is 5.02. The van der Waals surface area contributed by atoms with Crippen molar-refractivity contribution in [2.24, 2.45) is 10.9 Å². The van der Waals surface area contributed by atoms with Crippen LogP contribution in [-0.4, -0.2) is 11.2 Å². The number of benzene rings is 1. The maximum absolute atomic E-state index is 12.5. The third kappa shape index (κ3) is 3.08. The molecule has 104 valence electrons. The molecule has 0 radical (unpaired) electrons. The van der Waals surface area contributed by atoms with Crippen LogP contribution in [-0.2, 0) is 6.18 Å². The predicted molar refractivity (Wildman–Crippen MR) is 71.5 cm³/mol. The lowest BCUT2D eigenvalue weighted by atomic mass is 10.1. The SMILES string of the molecule is NN=Cc1ccc(-c2ncc(C(F)(F)F)cc2Cl)cc1. The van der Waals surface area contributed by atoms with Crippen molar-refractivity contribution in [3.8, 4) is 11.3 Å². The zero-order valence-electron chi connectivity index (χ0n) is 10.0. The zero-order valence-corrected chi connectivity index (χ0v) is 10.8. The first-order chi connectivity index (χ1) is 9.41. The van der Waals surface area contributed by atoms with Crippen molar-refractivity contribution >= 4 is 17.8 Å². The van der Waals surface area contributed by atoms with Crippen LogP contribution in [0.3, 0.4) is 0 Å². The van der Waals surface area contributed by atoms with Gasteiger partial charge in [-0.2, -0.15) is 18.3 Å². The zero-order chi connectivity index (χ0) is 14.8. The molecule has 7 heteroatoms. The highest BCUT2D eigenvalue weighted by molar-refractivity contribution is 6.33. The van der Waals surface area contributed by atoms with Crippen molar-refractivity contribution in [2.75, 3.05) is 0 Å². The van der Waals surface area contributed by atoms with Gasteiger partial charge in [-0.1, -0.05) is 35.9 Å². The molecule has 0 unspecified atom stereocenters. The molecular weight excluding hydrogens is 291 g/mol. The molecule has 0 spiro atoms. The van der Waals surface area contributed by atoms with E-state index in [1.165, 1.54) is 6.21 Å². The number of nitrogens with zero attached hydrogens (tertiary/aromatic N) is 2. The maximum atomic E-state index is 12.5. The molecule has 2 aromatic rings. The second-order valence-corrected chi connectivity index (χ2v) is 4.36. The van der Waals surface area contributed by atoms with Crippen LogP contribution in [0.15, 0.2) is 41.6 Å². The largest absolute Gasteiger partial charge is 0.417 e. The average Bonchev–Trinajstić information content (AvgIpc) is 2.39. The molecule has 1 heterocycles. The lowest BCUT2D eigenvalue weighted by Crippen LogP contribution is -2.05. The molecule has 1 aromatic heterocycles. The van der Waals surface area contributed by atoms with Crippen LogP contribution in [0.4, 0.5) is 13.2 Å². The van der Waals surface area contributed by atoms with Gasteiger partial charge >= 0.3 is 6.18 Å². The van der Waals surface area contributed by atoms with Crippen LogP contribution >= 0.6 is 11.6 Å². The second kappa shape index (κ2) is 5.50. The van der Waals surface area contributed by atoms with E-state index in [1.807, 2.05) is 0 Å². The van der Waals surface area contributed by atoms with Crippen LogP contribution in [0.25, 0.3) is 11.3 Å². The van der Waals surface area contributed by atoms with Gasteiger partial charge in [0.1, 0.15) is 0 Å². The van der Waals surface area contributed by atoms with Gasteiger partial charge in [-0.15, -0.1) is 0 Å². The van der Waals surface area contributed by atoms with E-state index in [0.29, 0.717) is 5.56 Å². The number of aromatic nitrogens is 1. The molecular formula is C13H9ClF3N3. The van der Waals surface area contributed by atoms with Crippen LogP contribution < -0.4 is 5.84 Å². The van der Waals surface area contributed by atoms with E-state index in [-0.39, 0.29) is 10.7 Å². The minimum absolute atomic E-state index is 0.0555. The third-order valence-corrected chi connectivity index (χ3v) is 2.86. The highest BCUT2D eigenvalue weighted by Gasteiger charge is 2.31. The summed E-state index contributed by atoms with van der Waals surface area (Å²) < 4.78 is 37.5. The minimum Gasteiger partial charge on any atom is -0.323 e. The number of pyridine rings is 1. The van der Waals surface area contributed by atoms with E-state index in [1.54, 1.807) is 24.3 Å². The molecule has 2 N–H and O–H groups in total. The predicted octanol–water partition coefficient (Wildman–Crippen LogP) is 3.71. The summed E-state index contributed by atoms with van der Waals surface area (Å²) in [5.41, 5.74) is 0.784. The van der Waals surface area contributed by atoms with E-state index >= 15 is 0 Å². The Bertz CT molecular complexity index is 636. The van der Waals surface area contributed by atoms with Gasteiger partial charge in [0.15, 0.2) is 0 Å². The number of rotatable bonds is 2. The van der Waals surface area contributed by atoms with Gasteiger partial charge < -0.3 is 5.84 Å². The van der Waals surface area contributed by atoms with Crippen molar-refractivity contribution in [1.29, 1.82) is 0 Å². The number of hydrogen-bond donors (Lipinski definition) is 1. The number of nitrogens with two attached hydrogens (primary N) is 1.